The number of hydrogen-bond acceptors (Lipinski definition) is 6. The van der Waals surface area contributed by atoms with Gasteiger partial charge in [-0.25, -0.2) is 15.0 Å². The number of pyridine rings is 1. The van der Waals surface area contributed by atoms with Crippen molar-refractivity contribution in [1.82, 2.24) is 20.3 Å². The summed E-state index contributed by atoms with van der Waals surface area (Å²) in [7, 11) is 0. The average molecular weight is 340 g/mol. The average Bonchev–Trinajstić information content (AvgIpc) is 2.69. The maximum atomic E-state index is 12.1. The van der Waals surface area contributed by atoms with Crippen LogP contribution in [-0.2, 0) is 0 Å². The molecule has 1 aliphatic heterocycles. The van der Waals surface area contributed by atoms with Gasteiger partial charge in [-0.05, 0) is 25.5 Å². The summed E-state index contributed by atoms with van der Waals surface area (Å²) in [6, 6.07) is 6.09. The molecule has 3 heterocycles. The van der Waals surface area contributed by atoms with Gasteiger partial charge in [0.2, 0.25) is 0 Å². The van der Waals surface area contributed by atoms with Crippen molar-refractivity contribution < 1.29 is 4.79 Å². The first kappa shape index (κ1) is 17.1. The maximum Gasteiger partial charge on any atom is 0.271 e. The van der Waals surface area contributed by atoms with Crippen LogP contribution >= 0.6 is 0 Å². The molecule has 1 amide bonds. The molecule has 132 valence electrons. The van der Waals surface area contributed by atoms with Crippen LogP contribution in [-0.4, -0.2) is 53.1 Å². The van der Waals surface area contributed by atoms with Crippen molar-refractivity contribution in [3.63, 3.8) is 0 Å². The number of hydrogen-bond donors (Lipinski definition) is 1. The molecule has 0 aliphatic carbocycles. The van der Waals surface area contributed by atoms with Crippen LogP contribution in [0, 0.1) is 0 Å². The largest absolute Gasteiger partial charge is 0.353 e. The van der Waals surface area contributed by atoms with Crippen molar-refractivity contribution in [2.24, 2.45) is 0 Å². The summed E-state index contributed by atoms with van der Waals surface area (Å²) in [6.07, 6.45) is 5.94. The quantitative estimate of drug-likeness (QED) is 0.893. The fourth-order valence-corrected chi connectivity index (χ4v) is 2.71. The molecule has 0 aromatic carbocycles. The molecule has 3 rings (SSSR count). The zero-order valence-electron chi connectivity index (χ0n) is 14.7. The van der Waals surface area contributed by atoms with Gasteiger partial charge >= 0.3 is 0 Å². The van der Waals surface area contributed by atoms with Crippen molar-refractivity contribution >= 4 is 17.5 Å². The molecular formula is C18H24N6O. The van der Waals surface area contributed by atoms with Gasteiger partial charge in [0.15, 0.2) is 0 Å². The number of amides is 1. The lowest BCUT2D eigenvalue weighted by Crippen LogP contribution is -2.47. The molecule has 0 spiro atoms. The van der Waals surface area contributed by atoms with Gasteiger partial charge in [0.1, 0.15) is 17.3 Å². The van der Waals surface area contributed by atoms with E-state index < -0.39 is 0 Å². The monoisotopic (exact) mass is 340 g/mol. The second-order valence-electron chi connectivity index (χ2n) is 6.20. The van der Waals surface area contributed by atoms with Gasteiger partial charge in [-0.15, -0.1) is 0 Å². The third kappa shape index (κ3) is 4.23. The Morgan fingerprint density at radius 2 is 1.80 bits per heavy atom. The summed E-state index contributed by atoms with van der Waals surface area (Å²) >= 11 is 0. The minimum absolute atomic E-state index is 0.133. The Bertz CT molecular complexity index is 682. The van der Waals surface area contributed by atoms with E-state index in [-0.39, 0.29) is 11.9 Å². The lowest BCUT2D eigenvalue weighted by atomic mass is 10.2. The van der Waals surface area contributed by atoms with Crippen molar-refractivity contribution in [3.05, 3.63) is 42.5 Å². The van der Waals surface area contributed by atoms with Gasteiger partial charge in [-0.3, -0.25) is 4.79 Å². The lowest BCUT2D eigenvalue weighted by Gasteiger charge is -2.35. The fourth-order valence-electron chi connectivity index (χ4n) is 2.71. The van der Waals surface area contributed by atoms with Crippen LogP contribution in [0.3, 0.4) is 0 Å². The summed E-state index contributed by atoms with van der Waals surface area (Å²) in [5.41, 5.74) is 0.358. The predicted molar refractivity (Wildman–Crippen MR) is 97.9 cm³/mol. The molecule has 2 aromatic heterocycles. The molecule has 1 N–H and O–H groups in total. The predicted octanol–water partition coefficient (Wildman–Crippen LogP) is 1.73. The smallest absolute Gasteiger partial charge is 0.271 e. The van der Waals surface area contributed by atoms with Crippen LogP contribution in [0.2, 0.25) is 0 Å². The van der Waals surface area contributed by atoms with Crippen molar-refractivity contribution in [2.75, 3.05) is 36.0 Å². The normalized spacial score (nSPS) is 15.8. The van der Waals surface area contributed by atoms with E-state index in [4.69, 9.17) is 0 Å². The number of anilines is 2. The van der Waals surface area contributed by atoms with Crippen molar-refractivity contribution in [1.29, 1.82) is 0 Å². The molecule has 1 saturated heterocycles. The van der Waals surface area contributed by atoms with E-state index in [1.165, 1.54) is 0 Å². The Morgan fingerprint density at radius 1 is 1.08 bits per heavy atom. The first-order chi connectivity index (χ1) is 12.2. The molecule has 0 radical (unpaired) electrons. The van der Waals surface area contributed by atoms with E-state index >= 15 is 0 Å². The minimum atomic E-state index is -0.173. The highest BCUT2D eigenvalue weighted by atomic mass is 16.1. The topological polar surface area (TPSA) is 74.2 Å². The minimum Gasteiger partial charge on any atom is -0.353 e. The second-order valence-corrected chi connectivity index (χ2v) is 6.20. The second kappa shape index (κ2) is 7.92. The summed E-state index contributed by atoms with van der Waals surface area (Å²) in [5.74, 6) is 1.64. The molecule has 0 bridgehead atoms. The van der Waals surface area contributed by atoms with Crippen LogP contribution in [0.1, 0.15) is 30.8 Å². The summed E-state index contributed by atoms with van der Waals surface area (Å²) < 4.78 is 0. The molecule has 0 saturated carbocycles. The molecule has 7 heteroatoms. The van der Waals surface area contributed by atoms with E-state index in [0.717, 1.165) is 44.2 Å². The highest BCUT2D eigenvalue weighted by molar-refractivity contribution is 5.92. The molecule has 25 heavy (non-hydrogen) atoms. The van der Waals surface area contributed by atoms with E-state index in [2.05, 4.69) is 30.1 Å². The standard InChI is InChI=1S/C18H24N6O/c1-3-14(2)22-18(25)15-12-21-17(13-20-15)24-10-8-23(9-11-24)16-6-4-5-7-19-16/h4-7,12-14H,3,8-11H2,1-2H3,(H,22,25). The number of carbonyl (C=O) groups is 1. The van der Waals surface area contributed by atoms with Crippen molar-refractivity contribution in [2.45, 2.75) is 26.3 Å². The molecular weight excluding hydrogens is 316 g/mol. The molecule has 2 aromatic rings. The number of piperazine rings is 1. The van der Waals surface area contributed by atoms with Crippen LogP contribution in [0.15, 0.2) is 36.8 Å². The Kier molecular flexibility index (Phi) is 5.42. The van der Waals surface area contributed by atoms with E-state index in [1.54, 1.807) is 12.4 Å². The summed E-state index contributed by atoms with van der Waals surface area (Å²) in [5, 5.41) is 2.90. The van der Waals surface area contributed by atoms with E-state index in [9.17, 15) is 4.79 Å². The van der Waals surface area contributed by atoms with Gasteiger partial charge in [0.25, 0.3) is 5.91 Å². The fraction of sp³-hybridized carbons (Fsp3) is 0.444. The Morgan fingerprint density at radius 3 is 2.36 bits per heavy atom. The van der Waals surface area contributed by atoms with Crippen LogP contribution < -0.4 is 15.1 Å². The van der Waals surface area contributed by atoms with Gasteiger partial charge in [-0.2, -0.15) is 0 Å². The Balaban J connectivity index is 1.58. The first-order valence-electron chi connectivity index (χ1n) is 8.71. The van der Waals surface area contributed by atoms with E-state index in [1.807, 2.05) is 38.2 Å². The number of rotatable bonds is 5. The van der Waals surface area contributed by atoms with E-state index in [0.29, 0.717) is 5.69 Å². The Hall–Kier alpha value is -2.70. The molecule has 1 fully saturated rings. The maximum absolute atomic E-state index is 12.1. The molecule has 7 nitrogen and oxygen atoms in total. The van der Waals surface area contributed by atoms with Crippen LogP contribution in [0.4, 0.5) is 11.6 Å². The zero-order chi connectivity index (χ0) is 17.6. The Labute approximate surface area is 148 Å². The summed E-state index contributed by atoms with van der Waals surface area (Å²) in [6.45, 7) is 7.47. The van der Waals surface area contributed by atoms with Crippen LogP contribution in [0.5, 0.6) is 0 Å². The number of carbonyl (C=O) groups excluding carboxylic acids is 1. The number of aromatic nitrogens is 3. The van der Waals surface area contributed by atoms with Crippen molar-refractivity contribution in [3.8, 4) is 0 Å². The SMILES string of the molecule is CCC(C)NC(=O)c1cnc(N2CCN(c3ccccn3)CC2)cn1. The highest BCUT2D eigenvalue weighted by Crippen LogP contribution is 2.16. The third-order valence-electron chi connectivity index (χ3n) is 4.44. The molecule has 1 atom stereocenters. The first-order valence-corrected chi connectivity index (χ1v) is 8.71. The lowest BCUT2D eigenvalue weighted by molar-refractivity contribution is 0.0934. The number of nitrogens with zero attached hydrogens (tertiary/aromatic N) is 5. The van der Waals surface area contributed by atoms with Gasteiger partial charge in [0.05, 0.1) is 12.4 Å². The van der Waals surface area contributed by atoms with Gasteiger partial charge < -0.3 is 15.1 Å². The summed E-state index contributed by atoms with van der Waals surface area (Å²) in [4.78, 5) is 29.6. The van der Waals surface area contributed by atoms with Crippen LogP contribution in [0.25, 0.3) is 0 Å². The van der Waals surface area contributed by atoms with Gasteiger partial charge in [-0.1, -0.05) is 13.0 Å². The zero-order valence-corrected chi connectivity index (χ0v) is 14.7. The molecule has 1 aliphatic rings. The number of nitrogens with one attached hydrogen (secondary N) is 1. The molecule has 1 unspecified atom stereocenters. The highest BCUT2D eigenvalue weighted by Gasteiger charge is 2.19. The third-order valence-corrected chi connectivity index (χ3v) is 4.44. The van der Waals surface area contributed by atoms with Gasteiger partial charge in [0, 0.05) is 38.4 Å².